The summed E-state index contributed by atoms with van der Waals surface area (Å²) in [6.45, 7) is 1.62. The van der Waals surface area contributed by atoms with Gasteiger partial charge in [0.05, 0.1) is 5.56 Å². The van der Waals surface area contributed by atoms with Gasteiger partial charge in [-0.1, -0.05) is 12.1 Å². The second-order valence-corrected chi connectivity index (χ2v) is 4.40. The van der Waals surface area contributed by atoms with Gasteiger partial charge in [0.15, 0.2) is 11.6 Å². The van der Waals surface area contributed by atoms with E-state index in [9.17, 15) is 13.6 Å². The van der Waals surface area contributed by atoms with E-state index >= 15 is 0 Å². The summed E-state index contributed by atoms with van der Waals surface area (Å²) in [5.41, 5.74) is 7.52. The molecule has 0 aliphatic rings. The Kier molecular flexibility index (Phi) is 3.98. The molecule has 0 atom stereocenters. The van der Waals surface area contributed by atoms with Gasteiger partial charge in [0.1, 0.15) is 6.61 Å². The number of rotatable bonds is 3. The highest BCUT2D eigenvalue weighted by molar-refractivity contribution is 5.92. The number of nitrogen functional groups attached to an aromatic ring is 1. The molecule has 3 nitrogen and oxygen atoms in total. The summed E-state index contributed by atoms with van der Waals surface area (Å²) in [4.78, 5) is 11.9. The SMILES string of the molecule is Cc1ccc(N)cc1C(=O)OCc1ccc(F)c(F)c1. The van der Waals surface area contributed by atoms with Crippen LogP contribution in [0.5, 0.6) is 0 Å². The number of benzene rings is 2. The minimum Gasteiger partial charge on any atom is -0.457 e. The summed E-state index contributed by atoms with van der Waals surface area (Å²) >= 11 is 0. The number of hydrogen-bond donors (Lipinski definition) is 1. The van der Waals surface area contributed by atoms with Crippen molar-refractivity contribution in [3.63, 3.8) is 0 Å². The summed E-state index contributed by atoms with van der Waals surface area (Å²) in [6, 6.07) is 8.25. The van der Waals surface area contributed by atoms with Crippen LogP contribution in [-0.2, 0) is 11.3 Å². The first-order chi connectivity index (χ1) is 9.47. The molecule has 5 heteroatoms. The molecule has 0 heterocycles. The van der Waals surface area contributed by atoms with Crippen molar-refractivity contribution in [3.8, 4) is 0 Å². The van der Waals surface area contributed by atoms with E-state index in [1.807, 2.05) is 0 Å². The lowest BCUT2D eigenvalue weighted by Gasteiger charge is -2.08. The summed E-state index contributed by atoms with van der Waals surface area (Å²) in [7, 11) is 0. The van der Waals surface area contributed by atoms with Crippen LogP contribution >= 0.6 is 0 Å². The Labute approximate surface area is 115 Å². The molecule has 20 heavy (non-hydrogen) atoms. The molecule has 0 bridgehead atoms. The fraction of sp³-hybridized carbons (Fsp3) is 0.133. The first kappa shape index (κ1) is 14.0. The van der Waals surface area contributed by atoms with Gasteiger partial charge >= 0.3 is 5.97 Å². The van der Waals surface area contributed by atoms with Crippen molar-refractivity contribution in [3.05, 3.63) is 64.7 Å². The summed E-state index contributed by atoms with van der Waals surface area (Å²) in [5.74, 6) is -2.47. The predicted octanol–water partition coefficient (Wildman–Crippen LogP) is 3.21. The van der Waals surface area contributed by atoms with E-state index in [-0.39, 0.29) is 6.61 Å². The molecule has 0 amide bonds. The van der Waals surface area contributed by atoms with Crippen molar-refractivity contribution in [2.45, 2.75) is 13.5 Å². The van der Waals surface area contributed by atoms with E-state index in [1.165, 1.54) is 12.1 Å². The van der Waals surface area contributed by atoms with E-state index < -0.39 is 17.6 Å². The normalized spacial score (nSPS) is 10.3. The lowest BCUT2D eigenvalue weighted by Crippen LogP contribution is -2.08. The monoisotopic (exact) mass is 277 g/mol. The summed E-state index contributed by atoms with van der Waals surface area (Å²) in [5, 5.41) is 0. The Bertz CT molecular complexity index is 656. The number of ether oxygens (including phenoxy) is 1. The number of anilines is 1. The smallest absolute Gasteiger partial charge is 0.338 e. The highest BCUT2D eigenvalue weighted by atomic mass is 19.2. The average Bonchev–Trinajstić information content (AvgIpc) is 2.42. The zero-order valence-corrected chi connectivity index (χ0v) is 10.8. The zero-order chi connectivity index (χ0) is 14.7. The highest BCUT2D eigenvalue weighted by Gasteiger charge is 2.11. The van der Waals surface area contributed by atoms with Gasteiger partial charge in [-0.05, 0) is 42.3 Å². The first-order valence-corrected chi connectivity index (χ1v) is 5.94. The van der Waals surface area contributed by atoms with Crippen LogP contribution in [0.1, 0.15) is 21.5 Å². The molecule has 0 radical (unpaired) electrons. The second-order valence-electron chi connectivity index (χ2n) is 4.40. The van der Waals surface area contributed by atoms with Crippen molar-refractivity contribution in [1.82, 2.24) is 0 Å². The van der Waals surface area contributed by atoms with Gasteiger partial charge in [-0.25, -0.2) is 13.6 Å². The topological polar surface area (TPSA) is 52.3 Å². The molecule has 2 aromatic rings. The van der Waals surface area contributed by atoms with Crippen LogP contribution in [-0.4, -0.2) is 5.97 Å². The maximum Gasteiger partial charge on any atom is 0.338 e. The molecule has 0 saturated carbocycles. The van der Waals surface area contributed by atoms with Crippen LogP contribution in [0.15, 0.2) is 36.4 Å². The van der Waals surface area contributed by atoms with Crippen LogP contribution in [0.4, 0.5) is 14.5 Å². The van der Waals surface area contributed by atoms with Crippen molar-refractivity contribution >= 4 is 11.7 Å². The number of carbonyl (C=O) groups excluding carboxylic acids is 1. The van der Waals surface area contributed by atoms with Crippen LogP contribution in [0, 0.1) is 18.6 Å². The van der Waals surface area contributed by atoms with Gasteiger partial charge < -0.3 is 10.5 Å². The third-order valence-electron chi connectivity index (χ3n) is 2.84. The van der Waals surface area contributed by atoms with Crippen LogP contribution in [0.2, 0.25) is 0 Å². The largest absolute Gasteiger partial charge is 0.457 e. The minimum atomic E-state index is -0.973. The first-order valence-electron chi connectivity index (χ1n) is 5.94. The second kappa shape index (κ2) is 5.69. The average molecular weight is 277 g/mol. The number of carbonyl (C=O) groups is 1. The summed E-state index contributed by atoms with van der Waals surface area (Å²) < 4.78 is 30.8. The Morgan fingerprint density at radius 2 is 1.90 bits per heavy atom. The molecule has 2 N–H and O–H groups in total. The molecule has 0 aliphatic carbocycles. The molecule has 0 unspecified atom stereocenters. The van der Waals surface area contributed by atoms with Crippen molar-refractivity contribution < 1.29 is 18.3 Å². The van der Waals surface area contributed by atoms with Gasteiger partial charge in [0.25, 0.3) is 0 Å². The molecule has 0 saturated heterocycles. The Morgan fingerprint density at radius 3 is 2.60 bits per heavy atom. The fourth-order valence-corrected chi connectivity index (χ4v) is 1.72. The molecule has 104 valence electrons. The van der Waals surface area contributed by atoms with Gasteiger partial charge in [0, 0.05) is 5.69 Å². The third kappa shape index (κ3) is 3.12. The molecule has 0 aliphatic heterocycles. The lowest BCUT2D eigenvalue weighted by atomic mass is 10.1. The van der Waals surface area contributed by atoms with Crippen molar-refractivity contribution in [1.29, 1.82) is 0 Å². The molecule has 0 spiro atoms. The number of esters is 1. The highest BCUT2D eigenvalue weighted by Crippen LogP contribution is 2.15. The lowest BCUT2D eigenvalue weighted by molar-refractivity contribution is 0.0471. The molecular weight excluding hydrogens is 264 g/mol. The van der Waals surface area contributed by atoms with Gasteiger partial charge in [-0.15, -0.1) is 0 Å². The van der Waals surface area contributed by atoms with E-state index in [2.05, 4.69) is 0 Å². The molecule has 2 rings (SSSR count). The van der Waals surface area contributed by atoms with Crippen LogP contribution in [0.3, 0.4) is 0 Å². The van der Waals surface area contributed by atoms with Crippen LogP contribution < -0.4 is 5.73 Å². The maximum absolute atomic E-state index is 13.0. The quantitative estimate of drug-likeness (QED) is 0.692. The van der Waals surface area contributed by atoms with Gasteiger partial charge in [0.2, 0.25) is 0 Å². The number of hydrogen-bond acceptors (Lipinski definition) is 3. The van der Waals surface area contributed by atoms with Gasteiger partial charge in [-0.2, -0.15) is 0 Å². The Morgan fingerprint density at radius 1 is 1.15 bits per heavy atom. The molecule has 0 fully saturated rings. The van der Waals surface area contributed by atoms with E-state index in [4.69, 9.17) is 10.5 Å². The Balaban J connectivity index is 2.08. The predicted molar refractivity (Wildman–Crippen MR) is 71.1 cm³/mol. The molecule has 2 aromatic carbocycles. The number of halogens is 2. The van der Waals surface area contributed by atoms with E-state index in [0.29, 0.717) is 16.8 Å². The number of nitrogens with two attached hydrogens (primary N) is 1. The van der Waals surface area contributed by atoms with E-state index in [1.54, 1.807) is 19.1 Å². The number of aryl methyl sites for hydroxylation is 1. The maximum atomic E-state index is 13.0. The van der Waals surface area contributed by atoms with Crippen molar-refractivity contribution in [2.24, 2.45) is 0 Å². The molecular formula is C15H13F2NO2. The van der Waals surface area contributed by atoms with E-state index in [0.717, 1.165) is 17.7 Å². The fourth-order valence-electron chi connectivity index (χ4n) is 1.72. The molecule has 0 aromatic heterocycles. The summed E-state index contributed by atoms with van der Waals surface area (Å²) in [6.07, 6.45) is 0. The minimum absolute atomic E-state index is 0.135. The standard InChI is InChI=1S/C15H13F2NO2/c1-9-2-4-11(18)7-12(9)15(19)20-8-10-3-5-13(16)14(17)6-10/h2-7H,8,18H2,1H3. The third-order valence-corrected chi connectivity index (χ3v) is 2.84. The zero-order valence-electron chi connectivity index (χ0n) is 10.8. The van der Waals surface area contributed by atoms with Gasteiger partial charge in [-0.3, -0.25) is 0 Å². The van der Waals surface area contributed by atoms with Crippen molar-refractivity contribution in [2.75, 3.05) is 5.73 Å². The van der Waals surface area contributed by atoms with Crippen LogP contribution in [0.25, 0.3) is 0 Å². The Hall–Kier alpha value is -2.43.